The van der Waals surface area contributed by atoms with Crippen LogP contribution in [-0.4, -0.2) is 33.2 Å². The van der Waals surface area contributed by atoms with Crippen molar-refractivity contribution in [2.75, 3.05) is 32.2 Å². The van der Waals surface area contributed by atoms with Gasteiger partial charge in [-0.15, -0.1) is 0 Å². The molecule has 1 heterocycles. The van der Waals surface area contributed by atoms with Gasteiger partial charge in [-0.1, -0.05) is 6.07 Å². The van der Waals surface area contributed by atoms with Crippen molar-refractivity contribution in [3.05, 3.63) is 53.6 Å². The lowest BCUT2D eigenvalue weighted by Crippen LogP contribution is -2.27. The number of nitrogens with one attached hydrogen (secondary N) is 1. The third-order valence-electron chi connectivity index (χ3n) is 4.06. The van der Waals surface area contributed by atoms with Crippen molar-refractivity contribution < 1.29 is 14.3 Å². The number of benzene rings is 2. The number of nitrogens with zero attached hydrogens (tertiary/aromatic N) is 1. The van der Waals surface area contributed by atoms with E-state index in [4.69, 9.17) is 9.47 Å². The highest BCUT2D eigenvalue weighted by atomic mass is 16.6. The van der Waals surface area contributed by atoms with Gasteiger partial charge in [-0.2, -0.15) is 0 Å². The van der Waals surface area contributed by atoms with Gasteiger partial charge in [0.05, 0.1) is 6.04 Å². The fourth-order valence-electron chi connectivity index (χ4n) is 2.60. The number of hydrogen-bond acceptors (Lipinski definition) is 4. The standard InChI is InChI=1S/C19H22N2O3/c1-13(15-6-9-17-18(12-15)24-11-10-23-17)20-19(22)14-4-7-16(8-5-14)21(2)3/h4-9,12-13H,10-11H2,1-3H3,(H,20,22). The molecule has 0 spiro atoms. The minimum Gasteiger partial charge on any atom is -0.486 e. The van der Waals surface area contributed by atoms with Crippen LogP contribution in [0.5, 0.6) is 11.5 Å². The third-order valence-corrected chi connectivity index (χ3v) is 4.06. The SMILES string of the molecule is CC(NC(=O)c1ccc(N(C)C)cc1)c1ccc2c(c1)OCCO2. The molecule has 1 N–H and O–H groups in total. The van der Waals surface area contributed by atoms with E-state index in [1.165, 1.54) is 0 Å². The van der Waals surface area contributed by atoms with E-state index >= 15 is 0 Å². The molecule has 1 atom stereocenters. The molecule has 0 radical (unpaired) electrons. The molecule has 126 valence electrons. The van der Waals surface area contributed by atoms with Gasteiger partial charge in [0.1, 0.15) is 13.2 Å². The highest BCUT2D eigenvalue weighted by Gasteiger charge is 2.16. The minimum absolute atomic E-state index is 0.0947. The summed E-state index contributed by atoms with van der Waals surface area (Å²) in [5.74, 6) is 1.39. The van der Waals surface area contributed by atoms with Gasteiger partial charge in [0.15, 0.2) is 11.5 Å². The number of fused-ring (bicyclic) bond motifs is 1. The molecule has 2 aromatic carbocycles. The Labute approximate surface area is 142 Å². The van der Waals surface area contributed by atoms with Gasteiger partial charge in [-0.05, 0) is 48.9 Å². The summed E-state index contributed by atoms with van der Waals surface area (Å²) in [6.45, 7) is 3.08. The molecule has 3 rings (SSSR count). The summed E-state index contributed by atoms with van der Waals surface area (Å²) in [7, 11) is 3.94. The molecule has 0 saturated heterocycles. The predicted molar refractivity (Wildman–Crippen MR) is 94.1 cm³/mol. The van der Waals surface area contributed by atoms with Crippen molar-refractivity contribution in [1.82, 2.24) is 5.32 Å². The number of carbonyl (C=O) groups excluding carboxylic acids is 1. The molecule has 1 amide bonds. The van der Waals surface area contributed by atoms with Crippen LogP contribution in [0.2, 0.25) is 0 Å². The van der Waals surface area contributed by atoms with Crippen molar-refractivity contribution in [1.29, 1.82) is 0 Å². The minimum atomic E-state index is -0.123. The van der Waals surface area contributed by atoms with Crippen LogP contribution in [0.3, 0.4) is 0 Å². The molecule has 0 saturated carbocycles. The van der Waals surface area contributed by atoms with Crippen molar-refractivity contribution in [3.63, 3.8) is 0 Å². The Balaban J connectivity index is 1.69. The molecule has 1 aliphatic heterocycles. The van der Waals surface area contributed by atoms with Crippen LogP contribution in [0.1, 0.15) is 28.9 Å². The highest BCUT2D eigenvalue weighted by Crippen LogP contribution is 2.32. The molecule has 0 fully saturated rings. The first-order valence-corrected chi connectivity index (χ1v) is 8.02. The first-order chi connectivity index (χ1) is 11.5. The van der Waals surface area contributed by atoms with E-state index < -0.39 is 0 Å². The third kappa shape index (κ3) is 3.45. The molecule has 0 bridgehead atoms. The van der Waals surface area contributed by atoms with Gasteiger partial charge in [-0.25, -0.2) is 0 Å². The Hall–Kier alpha value is -2.69. The monoisotopic (exact) mass is 326 g/mol. The summed E-state index contributed by atoms with van der Waals surface area (Å²) in [6.07, 6.45) is 0. The second kappa shape index (κ2) is 6.83. The van der Waals surface area contributed by atoms with Crippen LogP contribution in [0.25, 0.3) is 0 Å². The number of hydrogen-bond donors (Lipinski definition) is 1. The van der Waals surface area contributed by atoms with Crippen LogP contribution < -0.4 is 19.7 Å². The lowest BCUT2D eigenvalue weighted by molar-refractivity contribution is 0.0939. The maximum absolute atomic E-state index is 12.4. The molecule has 0 aromatic heterocycles. The number of rotatable bonds is 4. The topological polar surface area (TPSA) is 50.8 Å². The van der Waals surface area contributed by atoms with E-state index in [9.17, 15) is 4.79 Å². The molecular formula is C19H22N2O3. The smallest absolute Gasteiger partial charge is 0.251 e. The summed E-state index contributed by atoms with van der Waals surface area (Å²) in [5.41, 5.74) is 2.69. The number of anilines is 1. The zero-order chi connectivity index (χ0) is 17.1. The fourth-order valence-corrected chi connectivity index (χ4v) is 2.60. The number of ether oxygens (including phenoxy) is 2. The normalized spacial score (nSPS) is 14.0. The van der Waals surface area contributed by atoms with Crippen molar-refractivity contribution >= 4 is 11.6 Å². The molecular weight excluding hydrogens is 304 g/mol. The molecule has 1 unspecified atom stereocenters. The van der Waals surface area contributed by atoms with Crippen molar-refractivity contribution in [3.8, 4) is 11.5 Å². The highest BCUT2D eigenvalue weighted by molar-refractivity contribution is 5.94. The van der Waals surface area contributed by atoms with E-state index in [-0.39, 0.29) is 11.9 Å². The molecule has 24 heavy (non-hydrogen) atoms. The first-order valence-electron chi connectivity index (χ1n) is 8.02. The maximum atomic E-state index is 12.4. The molecule has 1 aliphatic rings. The Morgan fingerprint density at radius 1 is 1.04 bits per heavy atom. The summed E-state index contributed by atoms with van der Waals surface area (Å²) in [5, 5.41) is 3.02. The summed E-state index contributed by atoms with van der Waals surface area (Å²) in [4.78, 5) is 14.4. The average molecular weight is 326 g/mol. The van der Waals surface area contributed by atoms with Crippen LogP contribution in [0, 0.1) is 0 Å². The Morgan fingerprint density at radius 3 is 2.38 bits per heavy atom. The van der Waals surface area contributed by atoms with Crippen LogP contribution >= 0.6 is 0 Å². The second-order valence-corrected chi connectivity index (χ2v) is 6.04. The number of amides is 1. The Kier molecular flexibility index (Phi) is 4.60. The van der Waals surface area contributed by atoms with Gasteiger partial charge < -0.3 is 19.7 Å². The first kappa shape index (κ1) is 16.2. The predicted octanol–water partition coefficient (Wildman–Crippen LogP) is 3.01. The zero-order valence-corrected chi connectivity index (χ0v) is 14.2. The second-order valence-electron chi connectivity index (χ2n) is 6.04. The van der Waals surface area contributed by atoms with Gasteiger partial charge in [0.2, 0.25) is 0 Å². The zero-order valence-electron chi connectivity index (χ0n) is 14.2. The van der Waals surface area contributed by atoms with Crippen LogP contribution in [-0.2, 0) is 0 Å². The van der Waals surface area contributed by atoms with E-state index in [1.807, 2.05) is 68.4 Å². The van der Waals surface area contributed by atoms with E-state index in [1.54, 1.807) is 0 Å². The lowest BCUT2D eigenvalue weighted by Gasteiger charge is -2.21. The van der Waals surface area contributed by atoms with Crippen LogP contribution in [0.4, 0.5) is 5.69 Å². The summed E-state index contributed by atoms with van der Waals surface area (Å²) < 4.78 is 11.1. The summed E-state index contributed by atoms with van der Waals surface area (Å²) in [6, 6.07) is 13.2. The van der Waals surface area contributed by atoms with Gasteiger partial charge >= 0.3 is 0 Å². The Morgan fingerprint density at radius 2 is 1.71 bits per heavy atom. The van der Waals surface area contributed by atoms with Crippen molar-refractivity contribution in [2.24, 2.45) is 0 Å². The van der Waals surface area contributed by atoms with Crippen LogP contribution in [0.15, 0.2) is 42.5 Å². The maximum Gasteiger partial charge on any atom is 0.251 e. The molecule has 2 aromatic rings. The Bertz CT molecular complexity index is 726. The largest absolute Gasteiger partial charge is 0.486 e. The number of carbonyl (C=O) groups is 1. The van der Waals surface area contributed by atoms with E-state index in [0.717, 1.165) is 22.7 Å². The fraction of sp³-hybridized carbons (Fsp3) is 0.316. The van der Waals surface area contributed by atoms with Gasteiger partial charge in [0.25, 0.3) is 5.91 Å². The quantitative estimate of drug-likeness (QED) is 0.938. The van der Waals surface area contributed by atoms with E-state index in [0.29, 0.717) is 18.8 Å². The molecule has 0 aliphatic carbocycles. The van der Waals surface area contributed by atoms with Gasteiger partial charge in [-0.3, -0.25) is 4.79 Å². The van der Waals surface area contributed by atoms with E-state index in [2.05, 4.69) is 5.32 Å². The van der Waals surface area contributed by atoms with Crippen molar-refractivity contribution in [2.45, 2.75) is 13.0 Å². The molecule has 5 heteroatoms. The summed E-state index contributed by atoms with van der Waals surface area (Å²) >= 11 is 0. The molecule has 5 nitrogen and oxygen atoms in total. The lowest BCUT2D eigenvalue weighted by atomic mass is 10.1. The average Bonchev–Trinajstić information content (AvgIpc) is 2.61. The van der Waals surface area contributed by atoms with Gasteiger partial charge in [0, 0.05) is 25.3 Å².